The molecule has 3 heterocycles. The Morgan fingerprint density at radius 1 is 0.925 bits per heavy atom. The Labute approximate surface area is 238 Å². The molecule has 0 spiro atoms. The SMILES string of the molecule is COCCOc1cc2nc(NCCCCCC(=O)c3ccc(C)nc3Cl)c3nnc(C)n3c2cc1OCCOC. The van der Waals surface area contributed by atoms with Crippen LogP contribution in [0.4, 0.5) is 5.82 Å². The van der Waals surface area contributed by atoms with E-state index in [0.29, 0.717) is 73.4 Å². The van der Waals surface area contributed by atoms with Gasteiger partial charge in [-0.25, -0.2) is 9.97 Å². The highest BCUT2D eigenvalue weighted by Gasteiger charge is 2.17. The first-order valence-electron chi connectivity index (χ1n) is 13.3. The van der Waals surface area contributed by atoms with Gasteiger partial charge in [0.25, 0.3) is 0 Å². The standard InChI is InChI=1S/C28H35ClN6O5/c1-18-9-10-20(26(29)31-18)23(36)8-6-5-7-11-30-27-28-34-33-19(2)35(28)22-17-25(40-15-13-38-4)24(16-21(22)32-27)39-14-12-37-3/h9-10,16-17H,5-8,11-15H2,1-4H3,(H,30,32). The van der Waals surface area contributed by atoms with Crippen molar-refractivity contribution in [1.82, 2.24) is 24.6 Å². The van der Waals surface area contributed by atoms with Crippen molar-refractivity contribution in [3.63, 3.8) is 0 Å². The van der Waals surface area contributed by atoms with Crippen molar-refractivity contribution in [3.05, 3.63) is 46.5 Å². The molecule has 0 radical (unpaired) electrons. The number of hydrogen-bond donors (Lipinski definition) is 1. The Hall–Kier alpha value is -3.54. The van der Waals surface area contributed by atoms with E-state index in [4.69, 9.17) is 35.5 Å². The lowest BCUT2D eigenvalue weighted by atomic mass is 10.1. The molecule has 0 atom stereocenters. The highest BCUT2D eigenvalue weighted by Crippen LogP contribution is 2.34. The molecule has 11 nitrogen and oxygen atoms in total. The van der Waals surface area contributed by atoms with Crippen molar-refractivity contribution < 1.29 is 23.7 Å². The second-order valence-electron chi connectivity index (χ2n) is 9.29. The predicted octanol–water partition coefficient (Wildman–Crippen LogP) is 4.85. The molecular weight excluding hydrogens is 536 g/mol. The number of ketones is 1. The van der Waals surface area contributed by atoms with Gasteiger partial charge in [0.1, 0.15) is 24.2 Å². The van der Waals surface area contributed by atoms with Gasteiger partial charge in [-0.05, 0) is 38.8 Å². The van der Waals surface area contributed by atoms with Crippen molar-refractivity contribution >= 4 is 39.9 Å². The molecular formula is C28H35ClN6O5. The Balaban J connectivity index is 1.45. The van der Waals surface area contributed by atoms with Crippen LogP contribution in [-0.2, 0) is 9.47 Å². The lowest BCUT2D eigenvalue weighted by molar-refractivity contribution is 0.0979. The summed E-state index contributed by atoms with van der Waals surface area (Å²) >= 11 is 6.14. The number of Topliss-reactive ketones (excluding diaryl/α,β-unsaturated/α-hetero) is 1. The van der Waals surface area contributed by atoms with E-state index in [1.54, 1.807) is 26.4 Å². The monoisotopic (exact) mass is 570 g/mol. The third kappa shape index (κ3) is 7.15. The predicted molar refractivity (Wildman–Crippen MR) is 153 cm³/mol. The molecule has 4 rings (SSSR count). The highest BCUT2D eigenvalue weighted by molar-refractivity contribution is 6.32. The number of halogens is 1. The van der Waals surface area contributed by atoms with Gasteiger partial charge in [-0.2, -0.15) is 0 Å². The Kier molecular flexibility index (Phi) is 10.5. The number of pyridine rings is 1. The summed E-state index contributed by atoms with van der Waals surface area (Å²) in [6.07, 6.45) is 2.89. The van der Waals surface area contributed by atoms with Crippen LogP contribution in [0.2, 0.25) is 5.15 Å². The maximum atomic E-state index is 12.5. The van der Waals surface area contributed by atoms with E-state index in [9.17, 15) is 4.79 Å². The van der Waals surface area contributed by atoms with Gasteiger partial charge in [0.2, 0.25) is 5.65 Å². The maximum Gasteiger partial charge on any atom is 0.204 e. The Morgan fingerprint density at radius 2 is 1.65 bits per heavy atom. The van der Waals surface area contributed by atoms with Gasteiger partial charge in [-0.15, -0.1) is 10.2 Å². The van der Waals surface area contributed by atoms with Crippen LogP contribution in [0.3, 0.4) is 0 Å². The molecule has 0 saturated heterocycles. The largest absolute Gasteiger partial charge is 0.487 e. The van der Waals surface area contributed by atoms with Gasteiger partial charge < -0.3 is 24.3 Å². The van der Waals surface area contributed by atoms with E-state index in [2.05, 4.69) is 20.5 Å². The van der Waals surface area contributed by atoms with Crippen LogP contribution >= 0.6 is 11.6 Å². The number of carbonyl (C=O) groups is 1. The fourth-order valence-corrected chi connectivity index (χ4v) is 4.56. The number of aromatic nitrogens is 5. The minimum atomic E-state index is 0.0105. The van der Waals surface area contributed by atoms with E-state index in [-0.39, 0.29) is 10.9 Å². The molecule has 12 heteroatoms. The summed E-state index contributed by atoms with van der Waals surface area (Å²) in [5.41, 5.74) is 3.40. The molecule has 0 aliphatic carbocycles. The van der Waals surface area contributed by atoms with E-state index in [1.807, 2.05) is 30.4 Å². The summed E-state index contributed by atoms with van der Waals surface area (Å²) in [6.45, 7) is 6.04. The van der Waals surface area contributed by atoms with Crippen molar-refractivity contribution in [1.29, 1.82) is 0 Å². The molecule has 0 fully saturated rings. The number of nitrogens with zero attached hydrogens (tertiary/aromatic N) is 5. The molecule has 0 saturated carbocycles. The van der Waals surface area contributed by atoms with Crippen LogP contribution < -0.4 is 14.8 Å². The number of methoxy groups -OCH3 is 2. The first-order valence-corrected chi connectivity index (χ1v) is 13.6. The maximum absolute atomic E-state index is 12.5. The van der Waals surface area contributed by atoms with Gasteiger partial charge in [0.15, 0.2) is 23.1 Å². The van der Waals surface area contributed by atoms with E-state index in [1.165, 1.54) is 0 Å². The summed E-state index contributed by atoms with van der Waals surface area (Å²) in [6, 6.07) is 7.29. The third-order valence-electron chi connectivity index (χ3n) is 6.30. The third-order valence-corrected chi connectivity index (χ3v) is 6.59. The van der Waals surface area contributed by atoms with Gasteiger partial charge in [-0.1, -0.05) is 18.0 Å². The van der Waals surface area contributed by atoms with Crippen molar-refractivity contribution in [2.24, 2.45) is 0 Å². The van der Waals surface area contributed by atoms with Crippen molar-refractivity contribution in [3.8, 4) is 11.5 Å². The topological polar surface area (TPSA) is 122 Å². The fourth-order valence-electron chi connectivity index (χ4n) is 4.26. The van der Waals surface area contributed by atoms with Crippen LogP contribution in [0.5, 0.6) is 11.5 Å². The number of aryl methyl sites for hydroxylation is 2. The molecule has 3 aromatic heterocycles. The van der Waals surface area contributed by atoms with Crippen LogP contribution in [0.15, 0.2) is 24.3 Å². The zero-order valence-corrected chi connectivity index (χ0v) is 24.1. The fraction of sp³-hybridized carbons (Fsp3) is 0.464. The number of rotatable bonds is 16. The number of hydrogen-bond acceptors (Lipinski definition) is 10. The highest BCUT2D eigenvalue weighted by atomic mass is 35.5. The molecule has 1 aromatic carbocycles. The summed E-state index contributed by atoms with van der Waals surface area (Å²) in [4.78, 5) is 21.5. The van der Waals surface area contributed by atoms with Crippen LogP contribution in [0.1, 0.15) is 47.6 Å². The molecule has 0 aliphatic rings. The van der Waals surface area contributed by atoms with E-state index >= 15 is 0 Å². The molecule has 0 amide bonds. The molecule has 1 N–H and O–H groups in total. The second-order valence-corrected chi connectivity index (χ2v) is 9.65. The smallest absolute Gasteiger partial charge is 0.204 e. The van der Waals surface area contributed by atoms with Crippen LogP contribution in [0, 0.1) is 13.8 Å². The number of unbranched alkanes of at least 4 members (excludes halogenated alkanes) is 2. The quantitative estimate of drug-likeness (QED) is 0.114. The van der Waals surface area contributed by atoms with Gasteiger partial charge in [0, 0.05) is 45.0 Å². The number of anilines is 1. The first kappa shape index (κ1) is 29.4. The lowest BCUT2D eigenvalue weighted by Gasteiger charge is -2.15. The molecule has 4 aromatic rings. The molecule has 0 unspecified atom stereocenters. The normalized spacial score (nSPS) is 11.3. The minimum absolute atomic E-state index is 0.0105. The first-order chi connectivity index (χ1) is 19.4. The second kappa shape index (κ2) is 14.2. The van der Waals surface area contributed by atoms with E-state index in [0.717, 1.165) is 36.3 Å². The molecule has 214 valence electrons. The van der Waals surface area contributed by atoms with Crippen molar-refractivity contribution in [2.45, 2.75) is 39.5 Å². The number of fused-ring (bicyclic) bond motifs is 3. The van der Waals surface area contributed by atoms with Crippen molar-refractivity contribution in [2.75, 3.05) is 52.5 Å². The average molecular weight is 571 g/mol. The summed E-state index contributed by atoms with van der Waals surface area (Å²) in [5.74, 6) is 2.51. The van der Waals surface area contributed by atoms with Crippen LogP contribution in [-0.4, -0.2) is 77.5 Å². The molecule has 0 aliphatic heterocycles. The molecule has 40 heavy (non-hydrogen) atoms. The van der Waals surface area contributed by atoms with Crippen LogP contribution in [0.25, 0.3) is 16.7 Å². The van der Waals surface area contributed by atoms with E-state index < -0.39 is 0 Å². The Morgan fingerprint density at radius 3 is 2.35 bits per heavy atom. The zero-order valence-electron chi connectivity index (χ0n) is 23.3. The lowest BCUT2D eigenvalue weighted by Crippen LogP contribution is -2.10. The van der Waals surface area contributed by atoms with Gasteiger partial charge >= 0.3 is 0 Å². The summed E-state index contributed by atoms with van der Waals surface area (Å²) in [5, 5.41) is 12.3. The summed E-state index contributed by atoms with van der Waals surface area (Å²) < 4.78 is 24.1. The number of ether oxygens (including phenoxy) is 4. The number of carbonyl (C=O) groups excluding carboxylic acids is 1. The van der Waals surface area contributed by atoms with Gasteiger partial charge in [-0.3, -0.25) is 9.20 Å². The van der Waals surface area contributed by atoms with Gasteiger partial charge in [0.05, 0.1) is 29.8 Å². The Bertz CT molecular complexity index is 1460. The summed E-state index contributed by atoms with van der Waals surface area (Å²) in [7, 11) is 3.25. The zero-order chi connectivity index (χ0) is 28.5. The minimum Gasteiger partial charge on any atom is -0.487 e. The average Bonchev–Trinajstić information content (AvgIpc) is 3.32. The molecule has 0 bridgehead atoms. The number of benzene rings is 1. The number of nitrogens with one attached hydrogen (secondary N) is 1.